The Hall–Kier alpha value is -3.65. The Bertz CT molecular complexity index is 1310. The maximum atomic E-state index is 14.0. The van der Waals surface area contributed by atoms with Crippen molar-refractivity contribution in [2.75, 3.05) is 51.3 Å². The number of fused-ring (bicyclic) bond motifs is 2. The minimum absolute atomic E-state index is 0.174. The van der Waals surface area contributed by atoms with Crippen LogP contribution in [-0.4, -0.2) is 62.2 Å². The highest BCUT2D eigenvalue weighted by Gasteiger charge is 2.19. The Morgan fingerprint density at radius 1 is 1.09 bits per heavy atom. The van der Waals surface area contributed by atoms with Gasteiger partial charge in [-0.15, -0.1) is 0 Å². The normalized spacial score (nSPS) is 14.6. The van der Waals surface area contributed by atoms with Crippen molar-refractivity contribution in [1.29, 1.82) is 0 Å². The Morgan fingerprint density at radius 2 is 1.91 bits per heavy atom. The van der Waals surface area contributed by atoms with Crippen LogP contribution >= 0.6 is 0 Å². The second-order valence-electron chi connectivity index (χ2n) is 8.44. The van der Waals surface area contributed by atoms with Crippen molar-refractivity contribution < 1.29 is 18.3 Å². The van der Waals surface area contributed by atoms with E-state index in [0.29, 0.717) is 17.9 Å². The van der Waals surface area contributed by atoms with Crippen LogP contribution in [0.15, 0.2) is 59.0 Å². The van der Waals surface area contributed by atoms with Gasteiger partial charge in [0, 0.05) is 43.5 Å². The fourth-order valence-electron chi connectivity index (χ4n) is 4.36. The molecule has 1 fully saturated rings. The summed E-state index contributed by atoms with van der Waals surface area (Å²) >= 11 is 0. The van der Waals surface area contributed by atoms with E-state index in [4.69, 9.17) is 9.15 Å². The van der Waals surface area contributed by atoms with Gasteiger partial charge in [-0.3, -0.25) is 9.69 Å². The molecular formula is C26H27FN4O3. The fourth-order valence-corrected chi connectivity index (χ4v) is 4.36. The van der Waals surface area contributed by atoms with Crippen LogP contribution in [0.3, 0.4) is 0 Å². The lowest BCUT2D eigenvalue weighted by Crippen LogP contribution is -2.47. The van der Waals surface area contributed by atoms with Gasteiger partial charge in [-0.2, -0.15) is 0 Å². The summed E-state index contributed by atoms with van der Waals surface area (Å²) in [6.07, 6.45) is 0.827. The lowest BCUT2D eigenvalue weighted by atomic mass is 10.2. The van der Waals surface area contributed by atoms with Crippen LogP contribution in [-0.2, 0) is 0 Å². The molecule has 0 unspecified atom stereocenters. The van der Waals surface area contributed by atoms with Crippen molar-refractivity contribution in [2.45, 2.75) is 6.42 Å². The molecule has 34 heavy (non-hydrogen) atoms. The van der Waals surface area contributed by atoms with Crippen molar-refractivity contribution in [3.63, 3.8) is 0 Å². The molecule has 3 heterocycles. The molecule has 176 valence electrons. The van der Waals surface area contributed by atoms with Crippen molar-refractivity contribution in [3.8, 4) is 5.75 Å². The number of ether oxygens (including phenoxy) is 1. The molecule has 2 aromatic heterocycles. The molecule has 5 rings (SSSR count). The molecule has 1 amide bonds. The van der Waals surface area contributed by atoms with Crippen molar-refractivity contribution in [1.82, 2.24) is 15.2 Å². The molecule has 0 spiro atoms. The first-order valence-electron chi connectivity index (χ1n) is 11.5. The highest BCUT2D eigenvalue weighted by Crippen LogP contribution is 2.26. The summed E-state index contributed by atoms with van der Waals surface area (Å²) in [5.74, 6) is 0.586. The topological polar surface area (TPSA) is 70.8 Å². The predicted octanol–water partition coefficient (Wildman–Crippen LogP) is 4.07. The zero-order valence-corrected chi connectivity index (χ0v) is 19.1. The zero-order chi connectivity index (χ0) is 23.5. The van der Waals surface area contributed by atoms with Crippen LogP contribution in [0.25, 0.3) is 22.0 Å². The number of piperazine rings is 1. The molecule has 0 saturated carbocycles. The van der Waals surface area contributed by atoms with Crippen LogP contribution in [0.4, 0.5) is 10.1 Å². The minimum atomic E-state index is -0.246. The number of amides is 1. The number of nitrogens with zero attached hydrogens (tertiary/aromatic N) is 3. The monoisotopic (exact) mass is 462 g/mol. The highest BCUT2D eigenvalue weighted by molar-refractivity contribution is 5.98. The SMILES string of the molecule is COc1ccc2nc3oc(C(=O)NCCCN4CCN(c5ccccc5F)CC4)cc3cc2c1. The number of carbonyl (C=O) groups excluding carboxylic acids is 1. The number of rotatable bonds is 7. The van der Waals surface area contributed by atoms with Crippen LogP contribution in [0, 0.1) is 5.82 Å². The van der Waals surface area contributed by atoms with Crippen LogP contribution in [0.5, 0.6) is 5.75 Å². The van der Waals surface area contributed by atoms with Gasteiger partial charge in [-0.05, 0) is 55.4 Å². The second kappa shape index (κ2) is 9.69. The molecule has 1 aliphatic heterocycles. The molecule has 2 aromatic carbocycles. The number of carbonyl (C=O) groups is 1. The maximum absolute atomic E-state index is 14.0. The number of benzene rings is 2. The van der Waals surface area contributed by atoms with E-state index >= 15 is 0 Å². The maximum Gasteiger partial charge on any atom is 0.287 e. The molecular weight excluding hydrogens is 435 g/mol. The van der Waals surface area contributed by atoms with Gasteiger partial charge in [0.25, 0.3) is 5.91 Å². The number of aromatic nitrogens is 1. The Labute approximate surface area is 197 Å². The third-order valence-electron chi connectivity index (χ3n) is 6.23. The molecule has 0 atom stereocenters. The van der Waals surface area contributed by atoms with Crippen LogP contribution < -0.4 is 15.0 Å². The van der Waals surface area contributed by atoms with Gasteiger partial charge in [0.2, 0.25) is 5.71 Å². The van der Waals surface area contributed by atoms with E-state index in [1.165, 1.54) is 6.07 Å². The number of methoxy groups -OCH3 is 1. The average Bonchev–Trinajstić information content (AvgIpc) is 3.28. The summed E-state index contributed by atoms with van der Waals surface area (Å²) in [5.41, 5.74) is 1.89. The molecule has 0 aliphatic carbocycles. The Kier molecular flexibility index (Phi) is 6.31. The first-order valence-corrected chi connectivity index (χ1v) is 11.5. The molecule has 1 saturated heterocycles. The first kappa shape index (κ1) is 22.2. The fraction of sp³-hybridized carbons (Fsp3) is 0.308. The molecule has 0 bridgehead atoms. The molecule has 1 N–H and O–H groups in total. The van der Waals surface area contributed by atoms with Gasteiger partial charge < -0.3 is 19.4 Å². The summed E-state index contributed by atoms with van der Waals surface area (Å²) in [6, 6.07) is 16.2. The van der Waals surface area contributed by atoms with Crippen molar-refractivity contribution in [2.24, 2.45) is 0 Å². The second-order valence-corrected chi connectivity index (χ2v) is 8.44. The number of anilines is 1. The largest absolute Gasteiger partial charge is 0.497 e. The number of hydrogen-bond donors (Lipinski definition) is 1. The van der Waals surface area contributed by atoms with E-state index in [1.54, 1.807) is 19.2 Å². The van der Waals surface area contributed by atoms with Gasteiger partial charge in [0.1, 0.15) is 11.6 Å². The van der Waals surface area contributed by atoms with E-state index in [0.717, 1.165) is 61.2 Å². The van der Waals surface area contributed by atoms with E-state index in [-0.39, 0.29) is 17.5 Å². The molecule has 7 nitrogen and oxygen atoms in total. The summed E-state index contributed by atoms with van der Waals surface area (Å²) in [4.78, 5) is 21.5. The van der Waals surface area contributed by atoms with Crippen LogP contribution in [0.2, 0.25) is 0 Å². The number of furan rings is 1. The molecule has 4 aromatic rings. The van der Waals surface area contributed by atoms with Gasteiger partial charge in [-0.1, -0.05) is 12.1 Å². The van der Waals surface area contributed by atoms with E-state index in [2.05, 4.69) is 20.1 Å². The Morgan fingerprint density at radius 3 is 2.71 bits per heavy atom. The number of halogens is 1. The third-order valence-corrected chi connectivity index (χ3v) is 6.23. The molecule has 1 aliphatic rings. The van der Waals surface area contributed by atoms with Gasteiger partial charge >= 0.3 is 0 Å². The van der Waals surface area contributed by atoms with Crippen LogP contribution in [0.1, 0.15) is 17.0 Å². The third kappa shape index (κ3) is 4.68. The predicted molar refractivity (Wildman–Crippen MR) is 130 cm³/mol. The summed E-state index contributed by atoms with van der Waals surface area (Å²) < 4.78 is 25.0. The van der Waals surface area contributed by atoms with Gasteiger partial charge in [-0.25, -0.2) is 9.37 Å². The number of hydrogen-bond acceptors (Lipinski definition) is 6. The smallest absolute Gasteiger partial charge is 0.287 e. The Balaban J connectivity index is 1.11. The van der Waals surface area contributed by atoms with E-state index in [1.807, 2.05) is 36.4 Å². The summed E-state index contributed by atoms with van der Waals surface area (Å²) in [7, 11) is 1.62. The number of nitrogens with one attached hydrogen (secondary N) is 1. The summed E-state index contributed by atoms with van der Waals surface area (Å²) in [6.45, 7) is 4.75. The van der Waals surface area contributed by atoms with E-state index < -0.39 is 0 Å². The summed E-state index contributed by atoms with van der Waals surface area (Å²) in [5, 5.41) is 4.64. The lowest BCUT2D eigenvalue weighted by molar-refractivity contribution is 0.0925. The average molecular weight is 463 g/mol. The number of pyridine rings is 1. The zero-order valence-electron chi connectivity index (χ0n) is 19.1. The highest BCUT2D eigenvalue weighted by atomic mass is 19.1. The number of para-hydroxylation sites is 1. The quantitative estimate of drug-likeness (QED) is 0.418. The van der Waals surface area contributed by atoms with Gasteiger partial charge in [0.05, 0.1) is 18.3 Å². The standard InChI is InChI=1S/C26H27FN4O3/c1-33-20-7-8-22-18(16-20)15-19-17-24(34-26(19)29-22)25(32)28-9-4-10-30-11-13-31(14-12-30)23-6-3-2-5-21(23)27/h2-3,5-8,15-17H,4,9-14H2,1H3,(H,28,32). The first-order chi connectivity index (χ1) is 16.6. The minimum Gasteiger partial charge on any atom is -0.497 e. The van der Waals surface area contributed by atoms with Crippen molar-refractivity contribution in [3.05, 3.63) is 66.2 Å². The molecule has 0 radical (unpaired) electrons. The van der Waals surface area contributed by atoms with Crippen molar-refractivity contribution >= 4 is 33.6 Å². The molecule has 8 heteroatoms. The van der Waals surface area contributed by atoms with E-state index in [9.17, 15) is 9.18 Å². The van der Waals surface area contributed by atoms with Gasteiger partial charge in [0.15, 0.2) is 5.76 Å². The lowest BCUT2D eigenvalue weighted by Gasteiger charge is -2.36.